The molecule has 3 N–H and O–H groups in total. The second-order valence-corrected chi connectivity index (χ2v) is 6.25. The highest BCUT2D eigenvalue weighted by Gasteiger charge is 2.18. The van der Waals surface area contributed by atoms with Crippen LogP contribution in [0.15, 0.2) is 35.3 Å². The van der Waals surface area contributed by atoms with Crippen molar-refractivity contribution < 1.29 is 0 Å². The summed E-state index contributed by atoms with van der Waals surface area (Å²) in [5, 5.41) is 3.21. The summed E-state index contributed by atoms with van der Waals surface area (Å²) in [6.07, 6.45) is 0. The fourth-order valence-electron chi connectivity index (χ4n) is 2.38. The van der Waals surface area contributed by atoms with E-state index in [1.165, 1.54) is 5.56 Å². The molecule has 0 saturated carbocycles. The molecule has 0 aliphatic heterocycles. The van der Waals surface area contributed by atoms with Crippen LogP contribution in [-0.4, -0.2) is 36.0 Å². The standard InChI is InChI=1S/C17H30N4/c1-6-21(7-2)15(14-11-9-8-10-12-14)13-19-16(18)20-17(3,4)5/h8-12,15H,6-7,13H2,1-5H3,(H3,18,19,20). The van der Waals surface area contributed by atoms with Crippen LogP contribution in [0, 0.1) is 0 Å². The Labute approximate surface area is 129 Å². The van der Waals surface area contributed by atoms with E-state index in [1.807, 2.05) is 6.07 Å². The number of guanidine groups is 1. The third kappa shape index (κ3) is 6.17. The summed E-state index contributed by atoms with van der Waals surface area (Å²) in [4.78, 5) is 6.95. The maximum atomic E-state index is 5.99. The molecule has 1 rings (SSSR count). The minimum absolute atomic E-state index is 0.0645. The van der Waals surface area contributed by atoms with E-state index in [1.54, 1.807) is 0 Å². The minimum atomic E-state index is -0.0645. The van der Waals surface area contributed by atoms with Crippen molar-refractivity contribution in [3.05, 3.63) is 35.9 Å². The Bertz CT molecular complexity index is 430. The van der Waals surface area contributed by atoms with E-state index in [-0.39, 0.29) is 11.6 Å². The van der Waals surface area contributed by atoms with Crippen molar-refractivity contribution in [1.29, 1.82) is 0 Å². The lowest BCUT2D eigenvalue weighted by Crippen LogP contribution is -2.45. The molecule has 1 unspecified atom stereocenters. The number of nitrogens with one attached hydrogen (secondary N) is 1. The van der Waals surface area contributed by atoms with Gasteiger partial charge in [0.25, 0.3) is 0 Å². The number of benzene rings is 1. The predicted molar refractivity (Wildman–Crippen MR) is 91.5 cm³/mol. The Kier molecular flexibility index (Phi) is 6.69. The summed E-state index contributed by atoms with van der Waals surface area (Å²) < 4.78 is 0. The summed E-state index contributed by atoms with van der Waals surface area (Å²) in [7, 11) is 0. The fraction of sp³-hybridized carbons (Fsp3) is 0.588. The highest BCUT2D eigenvalue weighted by molar-refractivity contribution is 5.78. The van der Waals surface area contributed by atoms with Crippen molar-refractivity contribution >= 4 is 5.96 Å². The molecular formula is C17H30N4. The van der Waals surface area contributed by atoms with E-state index in [0.717, 1.165) is 13.1 Å². The fourth-order valence-corrected chi connectivity index (χ4v) is 2.38. The Hall–Kier alpha value is -1.55. The number of nitrogens with two attached hydrogens (primary N) is 1. The second kappa shape index (κ2) is 8.03. The van der Waals surface area contributed by atoms with Crippen molar-refractivity contribution in [1.82, 2.24) is 10.2 Å². The number of hydrogen-bond donors (Lipinski definition) is 2. The van der Waals surface area contributed by atoms with Crippen molar-refractivity contribution in [2.24, 2.45) is 10.7 Å². The highest BCUT2D eigenvalue weighted by Crippen LogP contribution is 2.20. The van der Waals surface area contributed by atoms with E-state index in [4.69, 9.17) is 5.73 Å². The van der Waals surface area contributed by atoms with E-state index in [2.05, 4.69) is 74.1 Å². The molecule has 0 saturated heterocycles. The smallest absolute Gasteiger partial charge is 0.189 e. The van der Waals surface area contributed by atoms with Crippen LogP contribution in [0.2, 0.25) is 0 Å². The van der Waals surface area contributed by atoms with Gasteiger partial charge >= 0.3 is 0 Å². The van der Waals surface area contributed by atoms with E-state index in [9.17, 15) is 0 Å². The lowest BCUT2D eigenvalue weighted by atomic mass is 10.1. The molecule has 0 amide bonds. The predicted octanol–water partition coefficient (Wildman–Crippen LogP) is 2.77. The van der Waals surface area contributed by atoms with Gasteiger partial charge in [-0.25, -0.2) is 0 Å². The van der Waals surface area contributed by atoms with Gasteiger partial charge in [-0.3, -0.25) is 9.89 Å². The van der Waals surface area contributed by atoms with Gasteiger partial charge in [0.2, 0.25) is 0 Å². The topological polar surface area (TPSA) is 53.6 Å². The second-order valence-electron chi connectivity index (χ2n) is 6.25. The molecule has 0 fully saturated rings. The third-order valence-electron chi connectivity index (χ3n) is 3.38. The summed E-state index contributed by atoms with van der Waals surface area (Å²) in [5.41, 5.74) is 7.21. The Morgan fingerprint density at radius 1 is 1.19 bits per heavy atom. The molecule has 0 radical (unpaired) electrons. The maximum absolute atomic E-state index is 5.99. The highest BCUT2D eigenvalue weighted by atomic mass is 15.2. The molecule has 0 spiro atoms. The van der Waals surface area contributed by atoms with E-state index >= 15 is 0 Å². The van der Waals surface area contributed by atoms with Crippen molar-refractivity contribution in [2.75, 3.05) is 19.6 Å². The lowest BCUT2D eigenvalue weighted by Gasteiger charge is -2.29. The first kappa shape index (κ1) is 17.5. The summed E-state index contributed by atoms with van der Waals surface area (Å²) in [6, 6.07) is 10.8. The minimum Gasteiger partial charge on any atom is -0.370 e. The lowest BCUT2D eigenvalue weighted by molar-refractivity contribution is 0.224. The van der Waals surface area contributed by atoms with Crippen LogP contribution >= 0.6 is 0 Å². The van der Waals surface area contributed by atoms with E-state index < -0.39 is 0 Å². The van der Waals surface area contributed by atoms with Crippen LogP contribution in [0.1, 0.15) is 46.2 Å². The molecule has 4 heteroatoms. The van der Waals surface area contributed by atoms with Gasteiger partial charge in [0.1, 0.15) is 0 Å². The van der Waals surface area contributed by atoms with Gasteiger partial charge in [-0.05, 0) is 39.4 Å². The van der Waals surface area contributed by atoms with Crippen molar-refractivity contribution in [2.45, 2.75) is 46.2 Å². The van der Waals surface area contributed by atoms with Crippen molar-refractivity contribution in [3.8, 4) is 0 Å². The molecule has 0 aliphatic rings. The van der Waals surface area contributed by atoms with Crippen LogP contribution in [0.5, 0.6) is 0 Å². The molecule has 118 valence electrons. The Morgan fingerprint density at radius 3 is 2.24 bits per heavy atom. The zero-order chi connectivity index (χ0) is 15.9. The van der Waals surface area contributed by atoms with Crippen LogP contribution in [0.4, 0.5) is 0 Å². The van der Waals surface area contributed by atoms with Gasteiger partial charge in [0.05, 0.1) is 12.6 Å². The quantitative estimate of drug-likeness (QED) is 0.626. The number of nitrogens with zero attached hydrogens (tertiary/aromatic N) is 2. The largest absolute Gasteiger partial charge is 0.370 e. The van der Waals surface area contributed by atoms with Crippen LogP contribution < -0.4 is 11.1 Å². The molecule has 0 aliphatic carbocycles. The summed E-state index contributed by atoms with van der Waals surface area (Å²) in [5.74, 6) is 0.510. The first-order valence-electron chi connectivity index (χ1n) is 7.74. The normalized spacial score (nSPS) is 14.3. The monoisotopic (exact) mass is 290 g/mol. The number of likely N-dealkylation sites (N-methyl/N-ethyl adjacent to an activating group) is 1. The Balaban J connectivity index is 2.86. The van der Waals surface area contributed by atoms with E-state index in [0.29, 0.717) is 12.5 Å². The first-order chi connectivity index (χ1) is 9.87. The van der Waals surface area contributed by atoms with Gasteiger partial charge in [-0.2, -0.15) is 0 Å². The average molecular weight is 290 g/mol. The van der Waals surface area contributed by atoms with Gasteiger partial charge in [0.15, 0.2) is 5.96 Å². The molecule has 0 heterocycles. The molecule has 1 aromatic carbocycles. The molecule has 1 aromatic rings. The summed E-state index contributed by atoms with van der Waals surface area (Å²) in [6.45, 7) is 13.3. The zero-order valence-corrected chi connectivity index (χ0v) is 14.1. The van der Waals surface area contributed by atoms with Gasteiger partial charge in [-0.1, -0.05) is 44.2 Å². The molecular weight excluding hydrogens is 260 g/mol. The SMILES string of the molecule is CCN(CC)C(CN=C(N)NC(C)(C)C)c1ccccc1. The molecule has 4 nitrogen and oxygen atoms in total. The number of aliphatic imine (C=N–C) groups is 1. The zero-order valence-electron chi connectivity index (χ0n) is 14.1. The molecule has 1 atom stereocenters. The molecule has 0 aromatic heterocycles. The number of rotatable bonds is 6. The first-order valence-corrected chi connectivity index (χ1v) is 7.74. The third-order valence-corrected chi connectivity index (χ3v) is 3.38. The Morgan fingerprint density at radius 2 is 1.76 bits per heavy atom. The van der Waals surface area contributed by atoms with Gasteiger partial charge in [0, 0.05) is 5.54 Å². The van der Waals surface area contributed by atoms with Crippen LogP contribution in [0.3, 0.4) is 0 Å². The molecule has 21 heavy (non-hydrogen) atoms. The van der Waals surface area contributed by atoms with Gasteiger partial charge < -0.3 is 11.1 Å². The average Bonchev–Trinajstić information content (AvgIpc) is 2.42. The number of hydrogen-bond acceptors (Lipinski definition) is 2. The van der Waals surface area contributed by atoms with Crippen LogP contribution in [0.25, 0.3) is 0 Å². The molecule has 0 bridgehead atoms. The van der Waals surface area contributed by atoms with Crippen LogP contribution in [-0.2, 0) is 0 Å². The van der Waals surface area contributed by atoms with Crippen molar-refractivity contribution in [3.63, 3.8) is 0 Å². The maximum Gasteiger partial charge on any atom is 0.189 e. The van der Waals surface area contributed by atoms with Gasteiger partial charge in [-0.15, -0.1) is 0 Å². The summed E-state index contributed by atoms with van der Waals surface area (Å²) >= 11 is 0.